The molecule has 2 unspecified atom stereocenters. The molecule has 2 atom stereocenters. The van der Waals surface area contributed by atoms with Crippen molar-refractivity contribution in [2.75, 3.05) is 19.8 Å². The van der Waals surface area contributed by atoms with Gasteiger partial charge in [0.05, 0.1) is 24.8 Å². The van der Waals surface area contributed by atoms with Crippen LogP contribution in [0.5, 0.6) is 0 Å². The van der Waals surface area contributed by atoms with Gasteiger partial charge in [0.2, 0.25) is 0 Å². The molecule has 1 saturated heterocycles. The van der Waals surface area contributed by atoms with Gasteiger partial charge in [-0.15, -0.1) is 0 Å². The number of carboxylic acids is 1. The van der Waals surface area contributed by atoms with Gasteiger partial charge in [-0.25, -0.2) is 0 Å². The summed E-state index contributed by atoms with van der Waals surface area (Å²) in [7, 11) is 0. The molecule has 2 heterocycles. The maximum atomic E-state index is 11.3. The van der Waals surface area contributed by atoms with Crippen molar-refractivity contribution in [3.05, 3.63) is 18.0 Å². The van der Waals surface area contributed by atoms with Crippen molar-refractivity contribution < 1.29 is 14.6 Å². The Kier molecular flexibility index (Phi) is 5.14. The van der Waals surface area contributed by atoms with Crippen LogP contribution < -0.4 is 0 Å². The summed E-state index contributed by atoms with van der Waals surface area (Å²) in [4.78, 5) is 13.5. The highest BCUT2D eigenvalue weighted by atomic mass is 16.5. The number of likely N-dealkylation sites (N-methyl/N-ethyl adjacent to an activating group) is 1. The molecular weight excluding hydrogens is 258 g/mol. The third-order valence-corrected chi connectivity index (χ3v) is 3.85. The van der Waals surface area contributed by atoms with Crippen LogP contribution >= 0.6 is 0 Å². The van der Waals surface area contributed by atoms with Crippen molar-refractivity contribution in [1.82, 2.24) is 14.7 Å². The lowest BCUT2D eigenvalue weighted by Crippen LogP contribution is -2.43. The van der Waals surface area contributed by atoms with Gasteiger partial charge in [0.1, 0.15) is 0 Å². The maximum absolute atomic E-state index is 11.3. The third kappa shape index (κ3) is 3.19. The fourth-order valence-corrected chi connectivity index (χ4v) is 2.72. The van der Waals surface area contributed by atoms with E-state index in [2.05, 4.69) is 23.8 Å². The summed E-state index contributed by atoms with van der Waals surface area (Å²) >= 11 is 0. The maximum Gasteiger partial charge on any atom is 0.310 e. The molecule has 0 bridgehead atoms. The van der Waals surface area contributed by atoms with E-state index in [1.165, 1.54) is 0 Å². The van der Waals surface area contributed by atoms with Crippen LogP contribution in [0.3, 0.4) is 0 Å². The average molecular weight is 281 g/mol. The van der Waals surface area contributed by atoms with Crippen LogP contribution in [-0.4, -0.2) is 51.6 Å². The molecule has 0 spiro atoms. The van der Waals surface area contributed by atoms with Crippen molar-refractivity contribution in [3.63, 3.8) is 0 Å². The van der Waals surface area contributed by atoms with Crippen molar-refractivity contribution in [2.45, 2.75) is 39.4 Å². The first-order valence-corrected chi connectivity index (χ1v) is 7.22. The number of aryl methyl sites for hydroxylation is 1. The monoisotopic (exact) mass is 281 g/mol. The second kappa shape index (κ2) is 6.85. The SMILES string of the molecule is CCCn1nccc1CN(CC)C1COCC1C(=O)O. The minimum atomic E-state index is -0.770. The number of carbonyl (C=O) groups is 1. The topological polar surface area (TPSA) is 67.6 Å². The van der Waals surface area contributed by atoms with E-state index in [9.17, 15) is 9.90 Å². The Morgan fingerprint density at radius 3 is 3.00 bits per heavy atom. The lowest BCUT2D eigenvalue weighted by atomic mass is 10.0. The van der Waals surface area contributed by atoms with E-state index < -0.39 is 11.9 Å². The molecule has 0 saturated carbocycles. The number of aliphatic carboxylic acids is 1. The Morgan fingerprint density at radius 2 is 2.35 bits per heavy atom. The van der Waals surface area contributed by atoms with Crippen LogP contribution in [0.25, 0.3) is 0 Å². The first-order valence-electron chi connectivity index (χ1n) is 7.22. The van der Waals surface area contributed by atoms with E-state index in [0.717, 1.165) is 25.2 Å². The number of nitrogens with zero attached hydrogens (tertiary/aromatic N) is 3. The summed E-state index contributed by atoms with van der Waals surface area (Å²) in [6, 6.07) is 1.95. The summed E-state index contributed by atoms with van der Waals surface area (Å²) in [6.45, 7) is 7.39. The zero-order valence-electron chi connectivity index (χ0n) is 12.2. The normalized spacial score (nSPS) is 22.6. The summed E-state index contributed by atoms with van der Waals surface area (Å²) in [5.74, 6) is -1.20. The van der Waals surface area contributed by atoms with Gasteiger partial charge in [0.15, 0.2) is 0 Å². The second-order valence-corrected chi connectivity index (χ2v) is 5.16. The number of ether oxygens (including phenoxy) is 1. The Morgan fingerprint density at radius 1 is 1.55 bits per heavy atom. The molecule has 1 aromatic rings. The molecule has 2 rings (SSSR count). The quantitative estimate of drug-likeness (QED) is 0.814. The fourth-order valence-electron chi connectivity index (χ4n) is 2.72. The minimum Gasteiger partial charge on any atom is -0.481 e. The molecule has 1 N–H and O–H groups in total. The van der Waals surface area contributed by atoms with Crippen LogP contribution in [0.1, 0.15) is 26.0 Å². The second-order valence-electron chi connectivity index (χ2n) is 5.16. The molecule has 0 aromatic carbocycles. The molecule has 1 aliphatic heterocycles. The minimum absolute atomic E-state index is 0.0533. The predicted octanol–water partition coefficient (Wildman–Crippen LogP) is 1.21. The summed E-state index contributed by atoms with van der Waals surface area (Å²) in [5.41, 5.74) is 1.13. The first kappa shape index (κ1) is 15.0. The molecule has 1 aliphatic rings. The number of hydrogen-bond donors (Lipinski definition) is 1. The Balaban J connectivity index is 2.08. The lowest BCUT2D eigenvalue weighted by Gasteiger charge is -2.29. The van der Waals surface area contributed by atoms with E-state index in [1.807, 2.05) is 10.7 Å². The fraction of sp³-hybridized carbons (Fsp3) is 0.714. The first-order chi connectivity index (χ1) is 9.67. The number of rotatable bonds is 7. The van der Waals surface area contributed by atoms with Gasteiger partial charge in [0.25, 0.3) is 0 Å². The van der Waals surface area contributed by atoms with Crippen LogP contribution in [0.15, 0.2) is 12.3 Å². The van der Waals surface area contributed by atoms with Crippen molar-refractivity contribution in [3.8, 4) is 0 Å². The van der Waals surface area contributed by atoms with Gasteiger partial charge < -0.3 is 9.84 Å². The molecule has 112 valence electrons. The van der Waals surface area contributed by atoms with Crippen molar-refractivity contribution >= 4 is 5.97 Å². The summed E-state index contributed by atoms with van der Waals surface area (Å²) in [6.07, 6.45) is 2.84. The van der Waals surface area contributed by atoms with E-state index in [4.69, 9.17) is 4.74 Å². The van der Waals surface area contributed by atoms with E-state index in [1.54, 1.807) is 6.20 Å². The van der Waals surface area contributed by atoms with Crippen molar-refractivity contribution in [2.24, 2.45) is 5.92 Å². The highest BCUT2D eigenvalue weighted by Gasteiger charge is 2.37. The molecule has 20 heavy (non-hydrogen) atoms. The van der Waals surface area contributed by atoms with Gasteiger partial charge in [-0.1, -0.05) is 13.8 Å². The zero-order valence-corrected chi connectivity index (χ0v) is 12.2. The van der Waals surface area contributed by atoms with E-state index >= 15 is 0 Å². The van der Waals surface area contributed by atoms with Gasteiger partial charge >= 0.3 is 5.97 Å². The highest BCUT2D eigenvalue weighted by molar-refractivity contribution is 5.71. The van der Waals surface area contributed by atoms with E-state index in [0.29, 0.717) is 19.8 Å². The summed E-state index contributed by atoms with van der Waals surface area (Å²) in [5, 5.41) is 13.6. The summed E-state index contributed by atoms with van der Waals surface area (Å²) < 4.78 is 7.36. The van der Waals surface area contributed by atoms with Gasteiger partial charge in [-0.05, 0) is 19.0 Å². The van der Waals surface area contributed by atoms with Crippen LogP contribution in [0, 0.1) is 5.92 Å². The molecule has 0 amide bonds. The predicted molar refractivity (Wildman–Crippen MR) is 74.3 cm³/mol. The highest BCUT2D eigenvalue weighted by Crippen LogP contribution is 2.21. The smallest absolute Gasteiger partial charge is 0.310 e. The van der Waals surface area contributed by atoms with Crippen LogP contribution in [0.4, 0.5) is 0 Å². The molecule has 1 aromatic heterocycles. The Bertz CT molecular complexity index is 447. The molecule has 6 nitrogen and oxygen atoms in total. The van der Waals surface area contributed by atoms with Gasteiger partial charge in [-0.2, -0.15) is 5.10 Å². The number of aromatic nitrogens is 2. The molecule has 6 heteroatoms. The van der Waals surface area contributed by atoms with Gasteiger partial charge in [-0.3, -0.25) is 14.4 Å². The number of carboxylic acid groups (broad SMARTS) is 1. The van der Waals surface area contributed by atoms with Crippen LogP contribution in [0.2, 0.25) is 0 Å². The lowest BCUT2D eigenvalue weighted by molar-refractivity contribution is -0.143. The largest absolute Gasteiger partial charge is 0.481 e. The zero-order chi connectivity index (χ0) is 14.5. The van der Waals surface area contributed by atoms with Gasteiger partial charge in [0, 0.05) is 25.3 Å². The molecule has 0 radical (unpaired) electrons. The average Bonchev–Trinajstić information content (AvgIpc) is 3.05. The third-order valence-electron chi connectivity index (χ3n) is 3.85. The van der Waals surface area contributed by atoms with Crippen LogP contribution in [-0.2, 0) is 22.6 Å². The molecular formula is C14H23N3O3. The Hall–Kier alpha value is -1.40. The Labute approximate surface area is 119 Å². The van der Waals surface area contributed by atoms with Crippen molar-refractivity contribution in [1.29, 1.82) is 0 Å². The number of hydrogen-bond acceptors (Lipinski definition) is 4. The molecule has 1 fully saturated rings. The molecule has 0 aliphatic carbocycles. The standard InChI is InChI=1S/C14H23N3O3/c1-3-7-17-11(5-6-15-17)8-16(4-2)13-10-20-9-12(13)14(18)19/h5-6,12-13H,3-4,7-10H2,1-2H3,(H,18,19). The van der Waals surface area contributed by atoms with E-state index in [-0.39, 0.29) is 6.04 Å².